The SMILES string of the molecule is CS(=O)(=O)SCCOC(=O)CCCc1ccccc1. The lowest BCUT2D eigenvalue weighted by molar-refractivity contribution is -0.143. The number of esters is 1. The van der Waals surface area contributed by atoms with Crippen molar-refractivity contribution in [3.8, 4) is 0 Å². The molecule has 1 aromatic rings. The normalized spacial score (nSPS) is 11.2. The van der Waals surface area contributed by atoms with Gasteiger partial charge in [-0.15, -0.1) is 0 Å². The smallest absolute Gasteiger partial charge is 0.305 e. The zero-order valence-electron chi connectivity index (χ0n) is 10.9. The van der Waals surface area contributed by atoms with Crippen molar-refractivity contribution in [2.24, 2.45) is 0 Å². The highest BCUT2D eigenvalue weighted by Gasteiger charge is 2.06. The highest BCUT2D eigenvalue weighted by Crippen LogP contribution is 2.09. The van der Waals surface area contributed by atoms with Gasteiger partial charge >= 0.3 is 5.97 Å². The lowest BCUT2D eigenvalue weighted by Crippen LogP contribution is -2.08. The first-order chi connectivity index (χ1) is 8.97. The number of ether oxygens (including phenoxy) is 1. The summed E-state index contributed by atoms with van der Waals surface area (Å²) in [4.78, 5) is 11.4. The molecule has 0 amide bonds. The molecule has 0 aliphatic carbocycles. The molecule has 0 saturated heterocycles. The highest BCUT2D eigenvalue weighted by molar-refractivity contribution is 8.71. The summed E-state index contributed by atoms with van der Waals surface area (Å²) in [6.45, 7) is 0.141. The molecule has 0 aliphatic rings. The van der Waals surface area contributed by atoms with E-state index in [4.69, 9.17) is 4.74 Å². The van der Waals surface area contributed by atoms with Crippen molar-refractivity contribution in [3.63, 3.8) is 0 Å². The Morgan fingerprint density at radius 1 is 1.26 bits per heavy atom. The molecule has 0 bridgehead atoms. The van der Waals surface area contributed by atoms with Gasteiger partial charge in [0, 0.05) is 18.4 Å². The van der Waals surface area contributed by atoms with Crippen LogP contribution < -0.4 is 0 Å². The number of benzene rings is 1. The minimum Gasteiger partial charge on any atom is -0.465 e. The Hall–Kier alpha value is -1.01. The Balaban J connectivity index is 2.08. The quantitative estimate of drug-likeness (QED) is 0.419. The molecule has 1 rings (SSSR count). The fourth-order valence-electron chi connectivity index (χ4n) is 1.49. The topological polar surface area (TPSA) is 60.4 Å². The maximum absolute atomic E-state index is 11.4. The number of hydrogen-bond acceptors (Lipinski definition) is 5. The largest absolute Gasteiger partial charge is 0.465 e. The molecule has 0 unspecified atom stereocenters. The van der Waals surface area contributed by atoms with E-state index in [1.165, 1.54) is 5.56 Å². The summed E-state index contributed by atoms with van der Waals surface area (Å²) in [6.07, 6.45) is 3.08. The number of rotatable bonds is 8. The van der Waals surface area contributed by atoms with Crippen LogP contribution in [0.1, 0.15) is 18.4 Å². The molecule has 6 heteroatoms. The first kappa shape index (κ1) is 16.0. The number of carbonyl (C=O) groups is 1. The van der Waals surface area contributed by atoms with Crippen LogP contribution in [0.5, 0.6) is 0 Å². The van der Waals surface area contributed by atoms with Crippen LogP contribution in [0, 0.1) is 0 Å². The Labute approximate surface area is 117 Å². The zero-order valence-corrected chi connectivity index (χ0v) is 12.5. The van der Waals surface area contributed by atoms with E-state index in [-0.39, 0.29) is 18.3 Å². The number of carbonyl (C=O) groups excluding carboxylic acids is 1. The summed E-state index contributed by atoms with van der Waals surface area (Å²) >= 11 is 0. The van der Waals surface area contributed by atoms with Crippen LogP contribution in [0.2, 0.25) is 0 Å². The molecule has 106 valence electrons. The summed E-state index contributed by atoms with van der Waals surface area (Å²) in [6, 6.07) is 9.94. The highest BCUT2D eigenvalue weighted by atomic mass is 33.1. The fraction of sp³-hybridized carbons (Fsp3) is 0.462. The molecule has 4 nitrogen and oxygen atoms in total. The summed E-state index contributed by atoms with van der Waals surface area (Å²) in [5.41, 5.74) is 1.20. The van der Waals surface area contributed by atoms with Crippen LogP contribution in [0.4, 0.5) is 0 Å². The lowest BCUT2D eigenvalue weighted by Gasteiger charge is -2.04. The van der Waals surface area contributed by atoms with Crippen molar-refractivity contribution in [2.75, 3.05) is 18.6 Å². The van der Waals surface area contributed by atoms with Crippen LogP contribution in [0.15, 0.2) is 30.3 Å². The van der Waals surface area contributed by atoms with E-state index in [0.717, 1.165) is 29.9 Å². The summed E-state index contributed by atoms with van der Waals surface area (Å²) < 4.78 is 26.6. The molecule has 0 fully saturated rings. The molecule has 0 radical (unpaired) electrons. The summed E-state index contributed by atoms with van der Waals surface area (Å²) in [5, 5.41) is 0. The number of hydrogen-bond donors (Lipinski definition) is 0. The summed E-state index contributed by atoms with van der Waals surface area (Å²) in [7, 11) is -2.26. The molecule has 0 N–H and O–H groups in total. The Kier molecular flexibility index (Phi) is 6.94. The maximum atomic E-state index is 11.4. The van der Waals surface area contributed by atoms with Crippen LogP contribution in [-0.4, -0.2) is 33.0 Å². The van der Waals surface area contributed by atoms with Gasteiger partial charge in [0.2, 0.25) is 0 Å². The van der Waals surface area contributed by atoms with Crippen LogP contribution in [0.25, 0.3) is 0 Å². The van der Waals surface area contributed by atoms with Crippen molar-refractivity contribution < 1.29 is 17.9 Å². The van der Waals surface area contributed by atoms with E-state index in [1.807, 2.05) is 30.3 Å². The monoisotopic (exact) mass is 302 g/mol. The van der Waals surface area contributed by atoms with E-state index in [0.29, 0.717) is 6.42 Å². The average Bonchev–Trinajstić information content (AvgIpc) is 2.35. The summed E-state index contributed by atoms with van der Waals surface area (Å²) in [5.74, 6) is 0.00789. The van der Waals surface area contributed by atoms with Crippen molar-refractivity contribution in [1.82, 2.24) is 0 Å². The Morgan fingerprint density at radius 3 is 2.58 bits per heavy atom. The van der Waals surface area contributed by atoms with Gasteiger partial charge in [0.1, 0.15) is 6.61 Å². The molecular weight excluding hydrogens is 284 g/mol. The molecule has 1 aromatic carbocycles. The van der Waals surface area contributed by atoms with Gasteiger partial charge < -0.3 is 4.74 Å². The maximum Gasteiger partial charge on any atom is 0.305 e. The Morgan fingerprint density at radius 2 is 1.95 bits per heavy atom. The molecular formula is C13H18O4S2. The van der Waals surface area contributed by atoms with Crippen LogP contribution >= 0.6 is 10.8 Å². The van der Waals surface area contributed by atoms with Crippen molar-refractivity contribution >= 4 is 25.6 Å². The van der Waals surface area contributed by atoms with Gasteiger partial charge in [-0.3, -0.25) is 4.79 Å². The predicted molar refractivity (Wildman–Crippen MR) is 77.6 cm³/mol. The third-order valence-corrected chi connectivity index (χ3v) is 4.88. The van der Waals surface area contributed by atoms with Crippen molar-refractivity contribution in [2.45, 2.75) is 19.3 Å². The van der Waals surface area contributed by atoms with Crippen LogP contribution in [-0.2, 0) is 24.8 Å². The van der Waals surface area contributed by atoms with E-state index in [2.05, 4.69) is 0 Å². The second-order valence-corrected chi connectivity index (χ2v) is 8.66. The average molecular weight is 302 g/mol. The van der Waals surface area contributed by atoms with Gasteiger partial charge in [-0.2, -0.15) is 0 Å². The van der Waals surface area contributed by atoms with E-state index in [9.17, 15) is 13.2 Å². The molecule has 0 heterocycles. The predicted octanol–water partition coefficient (Wildman–Crippen LogP) is 2.25. The first-order valence-electron chi connectivity index (χ1n) is 6.01. The van der Waals surface area contributed by atoms with Crippen LogP contribution in [0.3, 0.4) is 0 Å². The molecule has 0 atom stereocenters. The van der Waals surface area contributed by atoms with Gasteiger partial charge in [-0.25, -0.2) is 8.42 Å². The molecule has 19 heavy (non-hydrogen) atoms. The zero-order chi connectivity index (χ0) is 14.1. The van der Waals surface area contributed by atoms with Gasteiger partial charge in [0.25, 0.3) is 0 Å². The Bertz CT molecular complexity index is 483. The van der Waals surface area contributed by atoms with Gasteiger partial charge in [-0.05, 0) is 29.2 Å². The fourth-order valence-corrected chi connectivity index (χ4v) is 3.06. The lowest BCUT2D eigenvalue weighted by atomic mass is 10.1. The minimum absolute atomic E-state index is 0.141. The van der Waals surface area contributed by atoms with E-state index >= 15 is 0 Å². The van der Waals surface area contributed by atoms with Crippen molar-refractivity contribution in [1.29, 1.82) is 0 Å². The molecule has 0 aliphatic heterocycles. The second-order valence-electron chi connectivity index (χ2n) is 4.09. The van der Waals surface area contributed by atoms with E-state index < -0.39 is 8.87 Å². The van der Waals surface area contributed by atoms with Crippen molar-refractivity contribution in [3.05, 3.63) is 35.9 Å². The van der Waals surface area contributed by atoms with Gasteiger partial charge in [0.15, 0.2) is 8.87 Å². The van der Waals surface area contributed by atoms with Gasteiger partial charge in [0.05, 0.1) is 0 Å². The van der Waals surface area contributed by atoms with E-state index in [1.54, 1.807) is 0 Å². The number of aryl methyl sites for hydroxylation is 1. The minimum atomic E-state index is -3.05. The molecule has 0 spiro atoms. The second kappa shape index (κ2) is 8.22. The molecule has 0 aromatic heterocycles. The van der Waals surface area contributed by atoms with Gasteiger partial charge in [-0.1, -0.05) is 30.3 Å². The molecule has 0 saturated carbocycles. The third-order valence-electron chi connectivity index (χ3n) is 2.33. The third kappa shape index (κ3) is 8.67. The standard InChI is InChI=1S/C13H18O4S2/c1-19(15,16)18-11-10-17-13(14)9-5-8-12-6-3-2-4-7-12/h2-4,6-7H,5,8-11H2,1H3. The first-order valence-corrected chi connectivity index (χ1v) is 9.41.